The molecular weight excluding hydrogens is 454 g/mol. The summed E-state index contributed by atoms with van der Waals surface area (Å²) in [4.78, 5) is 17.7. The molecule has 0 spiro atoms. The fraction of sp³-hybridized carbons (Fsp3) is 0.480. The molecule has 8 nitrogen and oxygen atoms in total. The van der Waals surface area contributed by atoms with Gasteiger partial charge in [-0.3, -0.25) is 9.69 Å². The highest BCUT2D eigenvalue weighted by Gasteiger charge is 2.41. The molecule has 3 heterocycles. The molecule has 1 amide bonds. The molecule has 3 aliphatic rings. The smallest absolute Gasteiger partial charge is 0.243 e. The summed E-state index contributed by atoms with van der Waals surface area (Å²) >= 11 is 0. The second-order valence-corrected chi connectivity index (χ2v) is 11.0. The van der Waals surface area contributed by atoms with Gasteiger partial charge in [0, 0.05) is 45.7 Å². The Bertz CT molecular complexity index is 1140. The van der Waals surface area contributed by atoms with Crippen LogP contribution in [0.4, 0.5) is 0 Å². The van der Waals surface area contributed by atoms with Crippen LogP contribution in [0.2, 0.25) is 0 Å². The fourth-order valence-electron chi connectivity index (χ4n) is 5.09. The molecule has 2 fully saturated rings. The molecule has 182 valence electrons. The van der Waals surface area contributed by atoms with Crippen LogP contribution in [0.1, 0.15) is 24.0 Å². The molecule has 0 radical (unpaired) electrons. The van der Waals surface area contributed by atoms with Crippen molar-refractivity contribution in [1.29, 1.82) is 0 Å². The van der Waals surface area contributed by atoms with Crippen molar-refractivity contribution in [2.45, 2.75) is 36.7 Å². The Balaban J connectivity index is 1.20. The molecule has 0 N–H and O–H groups in total. The summed E-state index contributed by atoms with van der Waals surface area (Å²) in [6.07, 6.45) is 2.21. The number of benzene rings is 2. The van der Waals surface area contributed by atoms with E-state index in [9.17, 15) is 13.2 Å². The molecule has 2 saturated heterocycles. The van der Waals surface area contributed by atoms with Gasteiger partial charge >= 0.3 is 0 Å². The zero-order valence-corrected chi connectivity index (χ0v) is 20.3. The van der Waals surface area contributed by atoms with Crippen molar-refractivity contribution >= 4 is 15.9 Å². The molecule has 0 saturated carbocycles. The molecule has 0 aliphatic carbocycles. The van der Waals surface area contributed by atoms with Crippen molar-refractivity contribution < 1.29 is 22.7 Å². The molecule has 0 aromatic heterocycles. The molecule has 34 heavy (non-hydrogen) atoms. The largest absolute Gasteiger partial charge is 0.497 e. The van der Waals surface area contributed by atoms with Gasteiger partial charge in [-0.05, 0) is 54.3 Å². The van der Waals surface area contributed by atoms with Gasteiger partial charge in [0.2, 0.25) is 15.9 Å². The van der Waals surface area contributed by atoms with E-state index in [1.54, 1.807) is 19.2 Å². The normalized spacial score (nSPS) is 21.3. The van der Waals surface area contributed by atoms with Gasteiger partial charge in [-0.25, -0.2) is 8.42 Å². The van der Waals surface area contributed by atoms with E-state index in [0.717, 1.165) is 38.4 Å². The summed E-state index contributed by atoms with van der Waals surface area (Å²) in [5.74, 6) is 1.51. The zero-order valence-electron chi connectivity index (χ0n) is 19.5. The lowest BCUT2D eigenvalue weighted by atomic mass is 10.1. The number of methoxy groups -OCH3 is 1. The monoisotopic (exact) mass is 485 g/mol. The molecular formula is C25H31N3O5S. The van der Waals surface area contributed by atoms with Crippen molar-refractivity contribution in [2.24, 2.45) is 0 Å². The van der Waals surface area contributed by atoms with Crippen LogP contribution in [0.5, 0.6) is 11.5 Å². The van der Waals surface area contributed by atoms with Gasteiger partial charge in [0.1, 0.15) is 17.5 Å². The summed E-state index contributed by atoms with van der Waals surface area (Å²) in [5, 5.41) is 0. The minimum Gasteiger partial charge on any atom is -0.497 e. The standard InChI is InChI=1S/C25H31N3O5S/c1-32-21-5-7-22(8-6-21)34(30,31)28-11-2-3-23(28)25(29)27-14-12-26(13-15-27)18-19-4-9-24-20(17-19)10-16-33-24/h4-9,17,23H,2-3,10-16,18H2,1H3/t23-/m1/s1. The minimum atomic E-state index is -3.74. The maximum absolute atomic E-state index is 13.3. The maximum Gasteiger partial charge on any atom is 0.243 e. The molecule has 2 aromatic carbocycles. The summed E-state index contributed by atoms with van der Waals surface area (Å²) in [6.45, 7) is 4.74. The van der Waals surface area contributed by atoms with Gasteiger partial charge in [0.15, 0.2) is 0 Å². The van der Waals surface area contributed by atoms with Crippen molar-refractivity contribution in [2.75, 3.05) is 46.4 Å². The highest BCUT2D eigenvalue weighted by atomic mass is 32.2. The molecule has 0 unspecified atom stereocenters. The number of hydrogen-bond acceptors (Lipinski definition) is 6. The Morgan fingerprint density at radius 3 is 2.56 bits per heavy atom. The average Bonchev–Trinajstić information content (AvgIpc) is 3.54. The van der Waals surface area contributed by atoms with E-state index < -0.39 is 16.1 Å². The molecule has 9 heteroatoms. The topological polar surface area (TPSA) is 79.4 Å². The summed E-state index contributed by atoms with van der Waals surface area (Å²) in [6, 6.07) is 12.1. The van der Waals surface area contributed by atoms with E-state index in [1.165, 1.54) is 27.6 Å². The summed E-state index contributed by atoms with van der Waals surface area (Å²) < 4.78 is 38.6. The van der Waals surface area contributed by atoms with Crippen LogP contribution < -0.4 is 9.47 Å². The number of hydrogen-bond donors (Lipinski definition) is 0. The third kappa shape index (κ3) is 4.52. The number of carbonyl (C=O) groups excluding carboxylic acids is 1. The minimum absolute atomic E-state index is 0.0797. The van der Waals surface area contributed by atoms with Crippen LogP contribution in [0.25, 0.3) is 0 Å². The predicted molar refractivity (Wildman–Crippen MR) is 127 cm³/mol. The highest BCUT2D eigenvalue weighted by molar-refractivity contribution is 7.89. The van der Waals surface area contributed by atoms with E-state index in [1.807, 2.05) is 4.90 Å². The Morgan fingerprint density at radius 2 is 1.82 bits per heavy atom. The SMILES string of the molecule is COc1ccc(S(=O)(=O)N2CCC[C@@H]2C(=O)N2CCN(Cc3ccc4c(c3)CCO4)CC2)cc1. The van der Waals surface area contributed by atoms with E-state index in [0.29, 0.717) is 38.2 Å². The quantitative estimate of drug-likeness (QED) is 0.624. The van der Waals surface area contributed by atoms with E-state index in [4.69, 9.17) is 9.47 Å². The highest BCUT2D eigenvalue weighted by Crippen LogP contribution is 2.29. The predicted octanol–water partition coefficient (Wildman–Crippen LogP) is 2.13. The summed E-state index contributed by atoms with van der Waals surface area (Å²) in [7, 11) is -2.20. The van der Waals surface area contributed by atoms with Gasteiger partial charge in [0.25, 0.3) is 0 Å². The van der Waals surface area contributed by atoms with Gasteiger partial charge in [0.05, 0.1) is 18.6 Å². The van der Waals surface area contributed by atoms with Crippen molar-refractivity contribution in [3.63, 3.8) is 0 Å². The number of amides is 1. The van der Waals surface area contributed by atoms with Crippen LogP contribution in [0.15, 0.2) is 47.4 Å². The first kappa shape index (κ1) is 23.1. The Kier molecular flexibility index (Phi) is 6.50. The first-order chi connectivity index (χ1) is 16.5. The van der Waals surface area contributed by atoms with Crippen LogP contribution in [-0.4, -0.2) is 80.9 Å². The number of fused-ring (bicyclic) bond motifs is 1. The maximum atomic E-state index is 13.3. The zero-order chi connectivity index (χ0) is 23.7. The first-order valence-electron chi connectivity index (χ1n) is 11.9. The average molecular weight is 486 g/mol. The van der Waals surface area contributed by atoms with Crippen molar-refractivity contribution in [3.8, 4) is 11.5 Å². The second kappa shape index (κ2) is 9.56. The second-order valence-electron chi connectivity index (χ2n) is 9.09. The first-order valence-corrected chi connectivity index (χ1v) is 13.3. The van der Waals surface area contributed by atoms with Gasteiger partial charge in [-0.1, -0.05) is 12.1 Å². The molecule has 2 aromatic rings. The fourth-order valence-corrected chi connectivity index (χ4v) is 6.74. The lowest BCUT2D eigenvalue weighted by molar-refractivity contribution is -0.136. The van der Waals surface area contributed by atoms with E-state index in [-0.39, 0.29) is 10.8 Å². The van der Waals surface area contributed by atoms with Crippen molar-refractivity contribution in [3.05, 3.63) is 53.6 Å². The number of sulfonamides is 1. The van der Waals surface area contributed by atoms with Gasteiger partial charge in [-0.2, -0.15) is 4.31 Å². The van der Waals surface area contributed by atoms with Gasteiger partial charge in [-0.15, -0.1) is 0 Å². The third-order valence-electron chi connectivity index (χ3n) is 7.00. The molecule has 0 bridgehead atoms. The molecule has 1 atom stereocenters. The lowest BCUT2D eigenvalue weighted by Crippen LogP contribution is -2.54. The van der Waals surface area contributed by atoms with E-state index >= 15 is 0 Å². The van der Waals surface area contributed by atoms with Crippen LogP contribution in [0, 0.1) is 0 Å². The number of piperazine rings is 1. The Labute approximate surface area is 201 Å². The van der Waals surface area contributed by atoms with E-state index in [2.05, 4.69) is 23.1 Å². The van der Waals surface area contributed by atoms with Crippen LogP contribution >= 0.6 is 0 Å². The molecule has 3 aliphatic heterocycles. The number of nitrogens with zero attached hydrogens (tertiary/aromatic N) is 3. The third-order valence-corrected chi connectivity index (χ3v) is 8.92. The lowest BCUT2D eigenvalue weighted by Gasteiger charge is -2.37. The number of carbonyl (C=O) groups is 1. The Morgan fingerprint density at radius 1 is 1.06 bits per heavy atom. The molecule has 5 rings (SSSR count). The Hall–Kier alpha value is -2.62. The number of rotatable bonds is 6. The van der Waals surface area contributed by atoms with Crippen LogP contribution in [0.3, 0.4) is 0 Å². The number of ether oxygens (including phenoxy) is 2. The summed E-state index contributed by atoms with van der Waals surface area (Å²) in [5.41, 5.74) is 2.53. The van der Waals surface area contributed by atoms with Crippen molar-refractivity contribution in [1.82, 2.24) is 14.1 Å². The van der Waals surface area contributed by atoms with Gasteiger partial charge < -0.3 is 14.4 Å². The van der Waals surface area contributed by atoms with Crippen LogP contribution in [-0.2, 0) is 27.8 Å².